The van der Waals surface area contributed by atoms with Gasteiger partial charge >= 0.3 is 0 Å². The van der Waals surface area contributed by atoms with Gasteiger partial charge in [-0.1, -0.05) is 38.3 Å². The quantitative estimate of drug-likeness (QED) is 0.789. The Morgan fingerprint density at radius 3 is 2.71 bits per heavy atom. The van der Waals surface area contributed by atoms with Crippen LogP contribution in [0.2, 0.25) is 5.02 Å². The molecule has 17 heavy (non-hydrogen) atoms. The summed E-state index contributed by atoms with van der Waals surface area (Å²) >= 11 is 6.07. The second-order valence-electron chi connectivity index (χ2n) is 4.14. The van der Waals surface area contributed by atoms with Gasteiger partial charge in [-0.2, -0.15) is 0 Å². The van der Waals surface area contributed by atoms with Crippen LogP contribution in [-0.2, 0) is 0 Å². The number of nitrogens with one attached hydrogen (secondary N) is 1. The summed E-state index contributed by atoms with van der Waals surface area (Å²) in [5.41, 5.74) is 1.16. The predicted molar refractivity (Wildman–Crippen MR) is 73.9 cm³/mol. The van der Waals surface area contributed by atoms with Crippen molar-refractivity contribution in [1.82, 2.24) is 5.32 Å². The predicted octanol–water partition coefficient (Wildman–Crippen LogP) is 4.19. The van der Waals surface area contributed by atoms with Crippen LogP contribution < -0.4 is 10.1 Å². The Morgan fingerprint density at radius 1 is 1.35 bits per heavy atom. The number of hydrogen-bond acceptors (Lipinski definition) is 2. The van der Waals surface area contributed by atoms with E-state index < -0.39 is 0 Å². The minimum atomic E-state index is 0.327. The molecule has 0 aliphatic rings. The van der Waals surface area contributed by atoms with Gasteiger partial charge in [-0.25, -0.2) is 0 Å². The van der Waals surface area contributed by atoms with Crippen LogP contribution >= 0.6 is 11.6 Å². The van der Waals surface area contributed by atoms with Crippen molar-refractivity contribution in [1.29, 1.82) is 0 Å². The van der Waals surface area contributed by atoms with E-state index in [1.165, 1.54) is 12.8 Å². The zero-order valence-corrected chi connectivity index (χ0v) is 11.7. The average molecular weight is 256 g/mol. The SMILES string of the molecule is CCCCC(NCC)c1cc(Cl)ccc1OC. The Bertz CT molecular complexity index is 341. The van der Waals surface area contributed by atoms with E-state index in [1.807, 2.05) is 18.2 Å². The molecule has 1 unspecified atom stereocenters. The van der Waals surface area contributed by atoms with Crippen LogP contribution in [0.15, 0.2) is 18.2 Å². The highest BCUT2D eigenvalue weighted by Gasteiger charge is 2.15. The molecule has 96 valence electrons. The third-order valence-electron chi connectivity index (χ3n) is 2.86. The van der Waals surface area contributed by atoms with Gasteiger partial charge < -0.3 is 10.1 Å². The molecule has 1 atom stereocenters. The van der Waals surface area contributed by atoms with Gasteiger partial charge in [0.2, 0.25) is 0 Å². The van der Waals surface area contributed by atoms with Crippen molar-refractivity contribution in [3.8, 4) is 5.75 Å². The second kappa shape index (κ2) is 7.57. The van der Waals surface area contributed by atoms with Crippen molar-refractivity contribution < 1.29 is 4.74 Å². The first-order valence-electron chi connectivity index (χ1n) is 6.29. The molecule has 0 aliphatic heterocycles. The lowest BCUT2D eigenvalue weighted by Gasteiger charge is -2.20. The van der Waals surface area contributed by atoms with Gasteiger partial charge in [0.1, 0.15) is 5.75 Å². The maximum atomic E-state index is 6.07. The summed E-state index contributed by atoms with van der Waals surface area (Å²) in [4.78, 5) is 0. The molecular weight excluding hydrogens is 234 g/mol. The summed E-state index contributed by atoms with van der Waals surface area (Å²) in [7, 11) is 1.70. The first-order valence-corrected chi connectivity index (χ1v) is 6.67. The molecular formula is C14H22ClNO. The minimum Gasteiger partial charge on any atom is -0.496 e. The molecule has 0 bridgehead atoms. The van der Waals surface area contributed by atoms with Crippen molar-refractivity contribution in [3.63, 3.8) is 0 Å². The zero-order chi connectivity index (χ0) is 12.7. The average Bonchev–Trinajstić information content (AvgIpc) is 2.34. The van der Waals surface area contributed by atoms with Gasteiger partial charge in [0, 0.05) is 16.6 Å². The maximum absolute atomic E-state index is 6.07. The second-order valence-corrected chi connectivity index (χ2v) is 4.58. The molecule has 1 aromatic carbocycles. The van der Waals surface area contributed by atoms with Gasteiger partial charge in [-0.05, 0) is 31.2 Å². The van der Waals surface area contributed by atoms with Crippen LogP contribution in [-0.4, -0.2) is 13.7 Å². The number of halogens is 1. The van der Waals surface area contributed by atoms with E-state index in [0.29, 0.717) is 6.04 Å². The molecule has 2 nitrogen and oxygen atoms in total. The van der Waals surface area contributed by atoms with Crippen molar-refractivity contribution >= 4 is 11.6 Å². The van der Waals surface area contributed by atoms with E-state index in [-0.39, 0.29) is 0 Å². The Labute approximate surface area is 109 Å². The van der Waals surface area contributed by atoms with Crippen molar-refractivity contribution in [2.24, 2.45) is 0 Å². The third kappa shape index (κ3) is 4.21. The lowest BCUT2D eigenvalue weighted by molar-refractivity contribution is 0.394. The Balaban J connectivity index is 2.93. The molecule has 1 N–H and O–H groups in total. The van der Waals surface area contributed by atoms with Gasteiger partial charge in [0.25, 0.3) is 0 Å². The normalized spacial score (nSPS) is 12.5. The highest BCUT2D eigenvalue weighted by Crippen LogP contribution is 2.31. The molecule has 0 aliphatic carbocycles. The Hall–Kier alpha value is -0.730. The maximum Gasteiger partial charge on any atom is 0.123 e. The van der Waals surface area contributed by atoms with Crippen LogP contribution in [0.25, 0.3) is 0 Å². The molecule has 1 aromatic rings. The lowest BCUT2D eigenvalue weighted by atomic mass is 10.00. The number of methoxy groups -OCH3 is 1. The summed E-state index contributed by atoms with van der Waals surface area (Å²) in [6.07, 6.45) is 3.51. The highest BCUT2D eigenvalue weighted by molar-refractivity contribution is 6.30. The van der Waals surface area contributed by atoms with E-state index >= 15 is 0 Å². The Morgan fingerprint density at radius 2 is 2.12 bits per heavy atom. The first kappa shape index (κ1) is 14.3. The van der Waals surface area contributed by atoms with E-state index in [4.69, 9.17) is 16.3 Å². The fourth-order valence-electron chi connectivity index (χ4n) is 2.00. The van der Waals surface area contributed by atoms with Crippen LogP contribution in [0.1, 0.15) is 44.7 Å². The number of unbranched alkanes of at least 4 members (excludes halogenated alkanes) is 1. The van der Waals surface area contributed by atoms with Crippen molar-refractivity contribution in [3.05, 3.63) is 28.8 Å². The third-order valence-corrected chi connectivity index (χ3v) is 3.10. The number of hydrogen-bond donors (Lipinski definition) is 1. The summed E-state index contributed by atoms with van der Waals surface area (Å²) in [5.74, 6) is 0.913. The smallest absolute Gasteiger partial charge is 0.123 e. The summed E-state index contributed by atoms with van der Waals surface area (Å²) in [6, 6.07) is 6.14. The van der Waals surface area contributed by atoms with E-state index in [2.05, 4.69) is 19.2 Å². The lowest BCUT2D eigenvalue weighted by Crippen LogP contribution is -2.21. The van der Waals surface area contributed by atoms with Crippen molar-refractivity contribution in [2.45, 2.75) is 39.2 Å². The molecule has 0 radical (unpaired) electrons. The topological polar surface area (TPSA) is 21.3 Å². The highest BCUT2D eigenvalue weighted by atomic mass is 35.5. The largest absolute Gasteiger partial charge is 0.496 e. The number of rotatable bonds is 7. The summed E-state index contributed by atoms with van der Waals surface area (Å²) in [5, 5.41) is 4.26. The molecule has 0 saturated carbocycles. The molecule has 1 rings (SSSR count). The summed E-state index contributed by atoms with van der Waals surface area (Å²) in [6.45, 7) is 5.28. The van der Waals surface area contributed by atoms with Crippen LogP contribution in [0.4, 0.5) is 0 Å². The van der Waals surface area contributed by atoms with Crippen LogP contribution in [0.3, 0.4) is 0 Å². The fraction of sp³-hybridized carbons (Fsp3) is 0.571. The van der Waals surface area contributed by atoms with E-state index in [0.717, 1.165) is 29.3 Å². The van der Waals surface area contributed by atoms with Crippen molar-refractivity contribution in [2.75, 3.05) is 13.7 Å². The molecule has 0 heterocycles. The van der Waals surface area contributed by atoms with Crippen LogP contribution in [0, 0.1) is 0 Å². The molecule has 3 heteroatoms. The Kier molecular flexibility index (Phi) is 6.38. The summed E-state index contributed by atoms with van der Waals surface area (Å²) < 4.78 is 5.41. The monoisotopic (exact) mass is 255 g/mol. The molecule has 0 fully saturated rings. The van der Waals surface area contributed by atoms with Crippen LogP contribution in [0.5, 0.6) is 5.75 Å². The fourth-order valence-corrected chi connectivity index (χ4v) is 2.18. The minimum absolute atomic E-state index is 0.327. The zero-order valence-electron chi connectivity index (χ0n) is 10.9. The standard InChI is InChI=1S/C14H22ClNO/c1-4-6-7-13(16-5-2)12-10-11(15)8-9-14(12)17-3/h8-10,13,16H,4-7H2,1-3H3. The molecule has 0 aromatic heterocycles. The molecule has 0 amide bonds. The van der Waals surface area contributed by atoms with Gasteiger partial charge in [0.05, 0.1) is 7.11 Å². The molecule has 0 spiro atoms. The first-order chi connectivity index (χ1) is 8.22. The van der Waals surface area contributed by atoms with E-state index in [9.17, 15) is 0 Å². The van der Waals surface area contributed by atoms with Gasteiger partial charge in [-0.3, -0.25) is 0 Å². The van der Waals surface area contributed by atoms with Gasteiger partial charge in [0.15, 0.2) is 0 Å². The number of ether oxygens (including phenoxy) is 1. The number of benzene rings is 1. The van der Waals surface area contributed by atoms with Gasteiger partial charge in [-0.15, -0.1) is 0 Å². The molecule has 0 saturated heterocycles. The van der Waals surface area contributed by atoms with E-state index in [1.54, 1.807) is 7.11 Å².